The smallest absolute Gasteiger partial charge is 0.264 e. The SMILES string of the molecule is Cc1ccccc1N(CC(=O)N(Cc1ccccc1Cl)[C@H](C)C(=O)NC(C)C)S(=O)(=O)c1ccccc1. The van der Waals surface area contributed by atoms with Crippen molar-refractivity contribution in [2.24, 2.45) is 0 Å². The minimum Gasteiger partial charge on any atom is -0.352 e. The molecule has 196 valence electrons. The van der Waals surface area contributed by atoms with Crippen LogP contribution < -0.4 is 9.62 Å². The number of para-hydroxylation sites is 1. The van der Waals surface area contributed by atoms with E-state index in [0.717, 1.165) is 4.31 Å². The lowest BCUT2D eigenvalue weighted by Crippen LogP contribution is -2.52. The van der Waals surface area contributed by atoms with Crippen molar-refractivity contribution in [3.05, 3.63) is 95.0 Å². The normalized spacial score (nSPS) is 12.2. The van der Waals surface area contributed by atoms with Crippen molar-refractivity contribution in [1.29, 1.82) is 0 Å². The highest BCUT2D eigenvalue weighted by atomic mass is 35.5. The molecule has 0 aromatic heterocycles. The van der Waals surface area contributed by atoms with E-state index < -0.39 is 28.5 Å². The Bertz CT molecular complexity index is 1350. The number of carbonyl (C=O) groups is 2. The Morgan fingerprint density at radius 3 is 2.11 bits per heavy atom. The highest BCUT2D eigenvalue weighted by Gasteiger charge is 2.33. The summed E-state index contributed by atoms with van der Waals surface area (Å²) < 4.78 is 28.6. The van der Waals surface area contributed by atoms with Gasteiger partial charge in [0, 0.05) is 17.6 Å². The van der Waals surface area contributed by atoms with Crippen LogP contribution in [0.15, 0.2) is 83.8 Å². The lowest BCUT2D eigenvalue weighted by Gasteiger charge is -2.33. The van der Waals surface area contributed by atoms with Crippen LogP contribution in [0.4, 0.5) is 5.69 Å². The number of hydrogen-bond donors (Lipinski definition) is 1. The molecule has 0 heterocycles. The summed E-state index contributed by atoms with van der Waals surface area (Å²) in [6.45, 7) is 6.61. The van der Waals surface area contributed by atoms with Gasteiger partial charge in [0.05, 0.1) is 10.6 Å². The van der Waals surface area contributed by atoms with Gasteiger partial charge in [-0.05, 0) is 63.1 Å². The summed E-state index contributed by atoms with van der Waals surface area (Å²) in [5.41, 5.74) is 1.73. The Hall–Kier alpha value is -3.36. The van der Waals surface area contributed by atoms with E-state index in [2.05, 4.69) is 5.32 Å². The first kappa shape index (κ1) is 28.2. The molecule has 37 heavy (non-hydrogen) atoms. The van der Waals surface area contributed by atoms with Gasteiger partial charge in [-0.25, -0.2) is 8.42 Å². The van der Waals surface area contributed by atoms with E-state index in [1.807, 2.05) is 13.8 Å². The number of carbonyl (C=O) groups excluding carboxylic acids is 2. The lowest BCUT2D eigenvalue weighted by atomic mass is 10.1. The van der Waals surface area contributed by atoms with Crippen LogP contribution in [0.5, 0.6) is 0 Å². The minimum absolute atomic E-state index is 0.0399. The molecule has 2 amide bonds. The molecule has 3 rings (SSSR count). The number of sulfonamides is 1. The molecule has 1 atom stereocenters. The van der Waals surface area contributed by atoms with Crippen molar-refractivity contribution in [1.82, 2.24) is 10.2 Å². The van der Waals surface area contributed by atoms with Gasteiger partial charge in [-0.2, -0.15) is 0 Å². The van der Waals surface area contributed by atoms with Crippen molar-refractivity contribution in [2.45, 2.75) is 51.2 Å². The number of nitrogens with one attached hydrogen (secondary N) is 1. The standard InChI is InChI=1S/C28H32ClN3O4S/c1-20(2)30-28(34)22(4)31(18-23-13-9-10-16-25(23)29)27(33)19-32(26-17-11-8-12-21(26)3)37(35,36)24-14-6-5-7-15-24/h5-17,20,22H,18-19H2,1-4H3,(H,30,34)/t22-/m1/s1. The number of nitrogens with zero attached hydrogens (tertiary/aromatic N) is 2. The van der Waals surface area contributed by atoms with Gasteiger partial charge in [0.1, 0.15) is 12.6 Å². The summed E-state index contributed by atoms with van der Waals surface area (Å²) in [6, 6.07) is 21.0. The molecule has 0 spiro atoms. The quantitative estimate of drug-likeness (QED) is 0.400. The average molecular weight is 542 g/mol. The Balaban J connectivity index is 2.04. The second kappa shape index (κ2) is 12.3. The van der Waals surface area contributed by atoms with Crippen molar-refractivity contribution < 1.29 is 18.0 Å². The highest BCUT2D eigenvalue weighted by Crippen LogP contribution is 2.27. The van der Waals surface area contributed by atoms with Crippen molar-refractivity contribution in [2.75, 3.05) is 10.8 Å². The van der Waals surface area contributed by atoms with E-state index in [1.165, 1.54) is 17.0 Å². The van der Waals surface area contributed by atoms with Crippen molar-refractivity contribution in [3.63, 3.8) is 0 Å². The van der Waals surface area contributed by atoms with Gasteiger partial charge in [0.25, 0.3) is 10.0 Å². The Labute approximate surface area is 224 Å². The molecule has 0 fully saturated rings. The van der Waals surface area contributed by atoms with Crippen LogP contribution in [0.2, 0.25) is 5.02 Å². The summed E-state index contributed by atoms with van der Waals surface area (Å²) in [4.78, 5) is 28.2. The van der Waals surface area contributed by atoms with E-state index in [4.69, 9.17) is 11.6 Å². The fourth-order valence-corrected chi connectivity index (χ4v) is 5.57. The molecule has 0 aliphatic rings. The van der Waals surface area contributed by atoms with Crippen molar-refractivity contribution >= 4 is 39.1 Å². The monoisotopic (exact) mass is 541 g/mol. The van der Waals surface area contributed by atoms with Crippen molar-refractivity contribution in [3.8, 4) is 0 Å². The predicted octanol–water partition coefficient (Wildman–Crippen LogP) is 4.79. The molecular weight excluding hydrogens is 510 g/mol. The number of aryl methyl sites for hydroxylation is 1. The molecule has 0 radical (unpaired) electrons. The van der Waals surface area contributed by atoms with Gasteiger partial charge >= 0.3 is 0 Å². The number of hydrogen-bond acceptors (Lipinski definition) is 4. The Morgan fingerprint density at radius 1 is 0.892 bits per heavy atom. The van der Waals surface area contributed by atoms with Gasteiger partial charge < -0.3 is 10.2 Å². The summed E-state index contributed by atoms with van der Waals surface area (Å²) in [6.07, 6.45) is 0. The van der Waals surface area contributed by atoms with Gasteiger partial charge in [0.2, 0.25) is 11.8 Å². The molecule has 0 aliphatic carbocycles. The molecule has 3 aromatic carbocycles. The van der Waals surface area contributed by atoms with Crippen LogP contribution in [0, 0.1) is 6.92 Å². The molecule has 0 saturated heterocycles. The van der Waals surface area contributed by atoms with E-state index in [-0.39, 0.29) is 23.4 Å². The fourth-order valence-electron chi connectivity index (χ4n) is 3.87. The van der Waals surface area contributed by atoms with E-state index in [0.29, 0.717) is 21.8 Å². The number of rotatable bonds is 10. The molecule has 0 aliphatic heterocycles. The van der Waals surface area contributed by atoms with Crippen LogP contribution in [0.25, 0.3) is 0 Å². The predicted molar refractivity (Wildman–Crippen MR) is 147 cm³/mol. The zero-order valence-electron chi connectivity index (χ0n) is 21.4. The molecule has 0 unspecified atom stereocenters. The maximum absolute atomic E-state index is 13.9. The number of benzene rings is 3. The third-order valence-electron chi connectivity index (χ3n) is 5.89. The molecular formula is C28H32ClN3O4S. The number of halogens is 1. The maximum atomic E-state index is 13.9. The first-order valence-electron chi connectivity index (χ1n) is 12.0. The molecule has 3 aromatic rings. The molecule has 7 nitrogen and oxygen atoms in total. The molecule has 0 bridgehead atoms. The van der Waals surface area contributed by atoms with Gasteiger partial charge in [-0.15, -0.1) is 0 Å². The average Bonchev–Trinajstić information content (AvgIpc) is 2.87. The highest BCUT2D eigenvalue weighted by molar-refractivity contribution is 7.92. The summed E-state index contributed by atoms with van der Waals surface area (Å²) >= 11 is 6.37. The zero-order valence-corrected chi connectivity index (χ0v) is 23.0. The van der Waals surface area contributed by atoms with E-state index >= 15 is 0 Å². The van der Waals surface area contributed by atoms with E-state index in [9.17, 15) is 18.0 Å². The van der Waals surface area contributed by atoms with Gasteiger partial charge in [0.15, 0.2) is 0 Å². The molecule has 9 heteroatoms. The largest absolute Gasteiger partial charge is 0.352 e. The van der Waals surface area contributed by atoms with Crippen LogP contribution >= 0.6 is 11.6 Å². The second-order valence-electron chi connectivity index (χ2n) is 9.06. The van der Waals surface area contributed by atoms with E-state index in [1.54, 1.807) is 80.6 Å². The first-order chi connectivity index (χ1) is 17.5. The van der Waals surface area contributed by atoms with Crippen LogP contribution in [0.1, 0.15) is 31.9 Å². The number of amides is 2. The summed E-state index contributed by atoms with van der Waals surface area (Å²) in [5.74, 6) is -0.877. The third-order valence-corrected chi connectivity index (χ3v) is 8.03. The second-order valence-corrected chi connectivity index (χ2v) is 11.3. The summed E-state index contributed by atoms with van der Waals surface area (Å²) in [7, 11) is -4.09. The molecule has 0 saturated carbocycles. The minimum atomic E-state index is -4.09. The zero-order chi connectivity index (χ0) is 27.2. The Kier molecular flexibility index (Phi) is 9.34. The van der Waals surface area contributed by atoms with Gasteiger partial charge in [-0.1, -0.05) is 66.2 Å². The third kappa shape index (κ3) is 6.90. The Morgan fingerprint density at radius 2 is 1.49 bits per heavy atom. The topological polar surface area (TPSA) is 86.8 Å². The fraction of sp³-hybridized carbons (Fsp3) is 0.286. The number of anilines is 1. The first-order valence-corrected chi connectivity index (χ1v) is 13.8. The van der Waals surface area contributed by atoms with Crippen LogP contribution in [0.3, 0.4) is 0 Å². The van der Waals surface area contributed by atoms with Crippen LogP contribution in [-0.2, 0) is 26.2 Å². The van der Waals surface area contributed by atoms with Crippen LogP contribution in [-0.4, -0.2) is 43.8 Å². The molecule has 1 N–H and O–H groups in total. The summed E-state index contributed by atoms with van der Waals surface area (Å²) in [5, 5.41) is 3.28. The lowest BCUT2D eigenvalue weighted by molar-refractivity contribution is -0.139. The maximum Gasteiger partial charge on any atom is 0.264 e. The van der Waals surface area contributed by atoms with Gasteiger partial charge in [-0.3, -0.25) is 13.9 Å².